The molecule has 1 saturated heterocycles. The summed E-state index contributed by atoms with van der Waals surface area (Å²) in [7, 11) is 0. The number of nitro benzene ring substituents is 1. The largest absolute Gasteiger partial charge is 0.326 e. The molecule has 0 saturated carbocycles. The standard InChI is InChI=1S/C16H23N3O3S/c1-3-17(4-2)10-5-11-18-15(20)12-23-16(18)13-6-8-14(9-7-13)19(21)22/h6-9,16H,3-5,10-12H2,1-2H3/t16-/m0/s1. The van der Waals surface area contributed by atoms with Crippen LogP contribution in [0.5, 0.6) is 0 Å². The first-order valence-corrected chi connectivity index (χ1v) is 8.99. The quantitative estimate of drug-likeness (QED) is 0.539. The highest BCUT2D eigenvalue weighted by Gasteiger charge is 2.32. The summed E-state index contributed by atoms with van der Waals surface area (Å²) in [5.41, 5.74) is 1.03. The van der Waals surface area contributed by atoms with Crippen LogP contribution in [0.4, 0.5) is 5.69 Å². The number of nitro groups is 1. The van der Waals surface area contributed by atoms with Gasteiger partial charge < -0.3 is 9.80 Å². The predicted molar refractivity (Wildman–Crippen MR) is 92.4 cm³/mol. The molecule has 2 rings (SSSR count). The van der Waals surface area contributed by atoms with Crippen molar-refractivity contribution in [1.29, 1.82) is 0 Å². The zero-order valence-corrected chi connectivity index (χ0v) is 14.4. The molecular weight excluding hydrogens is 314 g/mol. The van der Waals surface area contributed by atoms with E-state index in [4.69, 9.17) is 0 Å². The molecule has 126 valence electrons. The maximum Gasteiger partial charge on any atom is 0.269 e. The Bertz CT molecular complexity index is 546. The molecule has 23 heavy (non-hydrogen) atoms. The maximum atomic E-state index is 12.1. The second kappa shape index (κ2) is 8.31. The molecule has 0 bridgehead atoms. The van der Waals surface area contributed by atoms with E-state index in [0.29, 0.717) is 5.75 Å². The number of nitrogens with zero attached hydrogens (tertiary/aromatic N) is 3. The molecule has 1 atom stereocenters. The van der Waals surface area contributed by atoms with Gasteiger partial charge in [-0.2, -0.15) is 0 Å². The number of hydrogen-bond acceptors (Lipinski definition) is 5. The Hall–Kier alpha value is -1.60. The van der Waals surface area contributed by atoms with Crippen LogP contribution < -0.4 is 0 Å². The van der Waals surface area contributed by atoms with Gasteiger partial charge in [0.25, 0.3) is 5.69 Å². The van der Waals surface area contributed by atoms with Gasteiger partial charge in [-0.15, -0.1) is 11.8 Å². The second-order valence-corrected chi connectivity index (χ2v) is 6.55. The van der Waals surface area contributed by atoms with E-state index in [1.54, 1.807) is 23.9 Å². The van der Waals surface area contributed by atoms with Crippen molar-refractivity contribution in [3.8, 4) is 0 Å². The average molecular weight is 337 g/mol. The minimum absolute atomic E-state index is 0.0278. The molecule has 6 nitrogen and oxygen atoms in total. The van der Waals surface area contributed by atoms with Crippen molar-refractivity contribution >= 4 is 23.4 Å². The molecule has 1 aliphatic heterocycles. The number of thioether (sulfide) groups is 1. The smallest absolute Gasteiger partial charge is 0.269 e. The summed E-state index contributed by atoms with van der Waals surface area (Å²) in [5.74, 6) is 0.630. The Morgan fingerprint density at radius 1 is 1.30 bits per heavy atom. The van der Waals surface area contributed by atoms with Crippen molar-refractivity contribution in [1.82, 2.24) is 9.80 Å². The molecular formula is C16H23N3O3S. The van der Waals surface area contributed by atoms with Crippen LogP contribution in [0.3, 0.4) is 0 Å². The first-order chi connectivity index (χ1) is 11.1. The molecule has 1 aromatic carbocycles. The van der Waals surface area contributed by atoms with E-state index in [0.717, 1.165) is 38.2 Å². The van der Waals surface area contributed by atoms with Gasteiger partial charge in [-0.3, -0.25) is 14.9 Å². The first kappa shape index (κ1) is 17.7. The molecule has 1 aliphatic rings. The van der Waals surface area contributed by atoms with Crippen LogP contribution in [-0.2, 0) is 4.79 Å². The molecule has 1 fully saturated rings. The van der Waals surface area contributed by atoms with E-state index in [2.05, 4.69) is 18.7 Å². The summed E-state index contributed by atoms with van der Waals surface area (Å²) in [4.78, 5) is 26.7. The highest BCUT2D eigenvalue weighted by Crippen LogP contribution is 2.39. The summed E-state index contributed by atoms with van der Waals surface area (Å²) in [6.07, 6.45) is 0.942. The van der Waals surface area contributed by atoms with Gasteiger partial charge >= 0.3 is 0 Å². The SMILES string of the molecule is CCN(CC)CCCN1C(=O)CS[C@H]1c1ccc([N+](=O)[O-])cc1. The van der Waals surface area contributed by atoms with Gasteiger partial charge in [-0.1, -0.05) is 13.8 Å². The zero-order valence-electron chi connectivity index (χ0n) is 13.6. The Kier molecular flexibility index (Phi) is 6.41. The third-order valence-electron chi connectivity index (χ3n) is 4.12. The van der Waals surface area contributed by atoms with Crippen LogP contribution >= 0.6 is 11.8 Å². The lowest BCUT2D eigenvalue weighted by Crippen LogP contribution is -2.32. The van der Waals surface area contributed by atoms with Crippen molar-refractivity contribution in [2.75, 3.05) is 31.9 Å². The van der Waals surface area contributed by atoms with Crippen LogP contribution in [0.15, 0.2) is 24.3 Å². The summed E-state index contributed by atoms with van der Waals surface area (Å²) >= 11 is 1.59. The predicted octanol–water partition coefficient (Wildman–Crippen LogP) is 2.90. The second-order valence-electron chi connectivity index (χ2n) is 5.48. The van der Waals surface area contributed by atoms with Gasteiger partial charge in [-0.25, -0.2) is 0 Å². The number of non-ortho nitro benzene ring substituents is 1. The van der Waals surface area contributed by atoms with Crippen LogP contribution in [0, 0.1) is 10.1 Å². The monoisotopic (exact) mass is 337 g/mol. The lowest BCUT2D eigenvalue weighted by atomic mass is 10.2. The van der Waals surface area contributed by atoms with Gasteiger partial charge in [0.15, 0.2) is 0 Å². The first-order valence-electron chi connectivity index (χ1n) is 7.94. The fourth-order valence-electron chi connectivity index (χ4n) is 2.74. The summed E-state index contributed by atoms with van der Waals surface area (Å²) in [5, 5.41) is 10.7. The number of amides is 1. The number of carbonyl (C=O) groups excluding carboxylic acids is 1. The number of rotatable bonds is 8. The van der Waals surface area contributed by atoms with Crippen molar-refractivity contribution in [3.63, 3.8) is 0 Å². The van der Waals surface area contributed by atoms with E-state index < -0.39 is 4.92 Å². The molecule has 0 aromatic heterocycles. The number of carbonyl (C=O) groups is 1. The van der Waals surface area contributed by atoms with Gasteiger partial charge in [0, 0.05) is 18.7 Å². The maximum absolute atomic E-state index is 12.1. The van der Waals surface area contributed by atoms with Crippen LogP contribution in [-0.4, -0.2) is 52.6 Å². The van der Waals surface area contributed by atoms with Crippen molar-refractivity contribution < 1.29 is 9.72 Å². The summed E-state index contributed by atoms with van der Waals surface area (Å²) < 4.78 is 0. The Balaban J connectivity index is 2.00. The normalized spacial score (nSPS) is 18.0. The summed E-state index contributed by atoms with van der Waals surface area (Å²) in [6, 6.07) is 6.52. The number of hydrogen-bond donors (Lipinski definition) is 0. The fraction of sp³-hybridized carbons (Fsp3) is 0.562. The van der Waals surface area contributed by atoms with Gasteiger partial charge in [0.2, 0.25) is 5.91 Å². The van der Waals surface area contributed by atoms with Crippen molar-refractivity contribution in [2.24, 2.45) is 0 Å². The third kappa shape index (κ3) is 4.45. The van der Waals surface area contributed by atoms with E-state index in [9.17, 15) is 14.9 Å². The highest BCUT2D eigenvalue weighted by molar-refractivity contribution is 8.00. The fourth-order valence-corrected chi connectivity index (χ4v) is 3.96. The molecule has 0 N–H and O–H groups in total. The van der Waals surface area contributed by atoms with E-state index >= 15 is 0 Å². The molecule has 1 heterocycles. The van der Waals surface area contributed by atoms with Crippen molar-refractivity contribution in [2.45, 2.75) is 25.6 Å². The molecule has 1 amide bonds. The Labute approximate surface area is 141 Å². The lowest BCUT2D eigenvalue weighted by Gasteiger charge is -2.26. The molecule has 7 heteroatoms. The van der Waals surface area contributed by atoms with E-state index in [1.165, 1.54) is 12.1 Å². The highest BCUT2D eigenvalue weighted by atomic mass is 32.2. The van der Waals surface area contributed by atoms with Gasteiger partial charge in [0.1, 0.15) is 5.37 Å². The number of benzene rings is 1. The van der Waals surface area contributed by atoms with Crippen LogP contribution in [0.25, 0.3) is 0 Å². The average Bonchev–Trinajstić information content (AvgIpc) is 2.92. The summed E-state index contributed by atoms with van der Waals surface area (Å²) in [6.45, 7) is 8.02. The molecule has 0 aliphatic carbocycles. The minimum atomic E-state index is -0.404. The van der Waals surface area contributed by atoms with Crippen LogP contribution in [0.1, 0.15) is 31.2 Å². The van der Waals surface area contributed by atoms with E-state index in [-0.39, 0.29) is 17.0 Å². The minimum Gasteiger partial charge on any atom is -0.326 e. The zero-order chi connectivity index (χ0) is 16.8. The molecule has 0 unspecified atom stereocenters. The third-order valence-corrected chi connectivity index (χ3v) is 5.38. The molecule has 0 radical (unpaired) electrons. The Morgan fingerprint density at radius 2 is 1.96 bits per heavy atom. The Morgan fingerprint density at radius 3 is 2.52 bits per heavy atom. The van der Waals surface area contributed by atoms with E-state index in [1.807, 2.05) is 4.90 Å². The topological polar surface area (TPSA) is 66.7 Å². The molecule has 1 aromatic rings. The van der Waals surface area contributed by atoms with Gasteiger partial charge in [-0.05, 0) is 43.8 Å². The molecule has 0 spiro atoms. The van der Waals surface area contributed by atoms with Gasteiger partial charge in [0.05, 0.1) is 10.7 Å². The van der Waals surface area contributed by atoms with Crippen LogP contribution in [0.2, 0.25) is 0 Å². The lowest BCUT2D eigenvalue weighted by molar-refractivity contribution is -0.384. The van der Waals surface area contributed by atoms with Crippen molar-refractivity contribution in [3.05, 3.63) is 39.9 Å².